The third-order valence-electron chi connectivity index (χ3n) is 9.72. The zero-order valence-electron chi connectivity index (χ0n) is 27.8. The predicted octanol–water partition coefficient (Wildman–Crippen LogP) is 5.54. The van der Waals surface area contributed by atoms with Crippen molar-refractivity contribution in [1.29, 1.82) is 0 Å². The van der Waals surface area contributed by atoms with Crippen molar-refractivity contribution in [3.05, 3.63) is 61.2 Å². The summed E-state index contributed by atoms with van der Waals surface area (Å²) in [7, 11) is 0. The molecule has 3 aliphatic rings. The van der Waals surface area contributed by atoms with Crippen molar-refractivity contribution in [3.63, 3.8) is 0 Å². The van der Waals surface area contributed by atoms with E-state index in [2.05, 4.69) is 47.8 Å². The fraction of sp³-hybridized carbons (Fsp3) is 0.639. The summed E-state index contributed by atoms with van der Waals surface area (Å²) in [6, 6.07) is 8.57. The smallest absolute Gasteiger partial charge is 0.247 e. The number of benzene rings is 1. The molecule has 2 unspecified atom stereocenters. The van der Waals surface area contributed by atoms with Crippen LogP contribution in [0.1, 0.15) is 73.3 Å². The van der Waals surface area contributed by atoms with E-state index in [1.807, 2.05) is 49.1 Å². The van der Waals surface area contributed by atoms with Crippen molar-refractivity contribution in [3.8, 4) is 0 Å². The van der Waals surface area contributed by atoms with Gasteiger partial charge in [-0.15, -0.1) is 24.9 Å². The lowest BCUT2D eigenvalue weighted by atomic mass is 9.70. The second kappa shape index (κ2) is 13.0. The predicted molar refractivity (Wildman–Crippen MR) is 179 cm³/mol. The number of hydrogen-bond donors (Lipinski definition) is 1. The molecule has 6 atom stereocenters. The molecular weight excluding hydrogens is 570 g/mol. The molecule has 0 aromatic heterocycles. The van der Waals surface area contributed by atoms with E-state index in [1.165, 1.54) is 0 Å². The average Bonchev–Trinajstić information content (AvgIpc) is 3.58. The Morgan fingerprint density at radius 3 is 2.27 bits per heavy atom. The lowest BCUT2D eigenvalue weighted by Crippen LogP contribution is -2.62. The first-order chi connectivity index (χ1) is 20.6. The number of fused-ring (bicyclic) bond motifs is 1. The zero-order valence-corrected chi connectivity index (χ0v) is 28.6. The summed E-state index contributed by atoms with van der Waals surface area (Å²) in [4.78, 5) is 49.6. The molecule has 8 heteroatoms. The van der Waals surface area contributed by atoms with Gasteiger partial charge in [0.2, 0.25) is 17.7 Å². The Bertz CT molecular complexity index is 1240. The molecule has 3 heterocycles. The van der Waals surface area contributed by atoms with Crippen molar-refractivity contribution in [2.45, 2.75) is 102 Å². The van der Waals surface area contributed by atoms with Crippen molar-refractivity contribution < 1.29 is 19.5 Å². The molecule has 2 bridgehead atoms. The first kappa shape index (κ1) is 34.3. The Morgan fingerprint density at radius 2 is 1.73 bits per heavy atom. The summed E-state index contributed by atoms with van der Waals surface area (Å²) in [5, 5.41) is 10.6. The van der Waals surface area contributed by atoms with Gasteiger partial charge in [-0.05, 0) is 50.0 Å². The minimum atomic E-state index is -0.770. The Balaban J connectivity index is 1.79. The van der Waals surface area contributed by atoms with Crippen LogP contribution >= 0.6 is 11.8 Å². The standard InChI is InChI=1S/C36H53N3O4S/c1-10-19-37(21-25-15-13-12-14-16-25)31(41)28-27-17-18-36(44-27)29(28)32(42)39(26(22-40)24(3)4)30(36)33(43)38(20-11-2)35(8,9)23-34(5,6)7/h10-16,24,26-30,40H,1-2,17-23H2,3-9H3/t26-,27+,28-,29-,30?,36?/m0/s1. The van der Waals surface area contributed by atoms with E-state index in [-0.39, 0.29) is 40.9 Å². The van der Waals surface area contributed by atoms with Gasteiger partial charge in [-0.1, -0.05) is 77.1 Å². The highest BCUT2D eigenvalue weighted by Gasteiger charge is 2.75. The summed E-state index contributed by atoms with van der Waals surface area (Å²) in [5.74, 6) is -1.57. The van der Waals surface area contributed by atoms with Crippen LogP contribution in [0, 0.1) is 23.2 Å². The third-order valence-corrected chi connectivity index (χ3v) is 11.7. The van der Waals surface area contributed by atoms with E-state index >= 15 is 4.79 Å². The number of rotatable bonds is 13. The molecule has 1 aromatic carbocycles. The van der Waals surface area contributed by atoms with Gasteiger partial charge < -0.3 is 19.8 Å². The van der Waals surface area contributed by atoms with E-state index in [1.54, 1.807) is 33.7 Å². The van der Waals surface area contributed by atoms with Crippen LogP contribution < -0.4 is 0 Å². The molecule has 44 heavy (non-hydrogen) atoms. The molecule has 242 valence electrons. The summed E-state index contributed by atoms with van der Waals surface area (Å²) in [6.45, 7) is 23.4. The molecular formula is C36H53N3O4S. The number of hydrogen-bond acceptors (Lipinski definition) is 5. The molecule has 3 aliphatic heterocycles. The minimum Gasteiger partial charge on any atom is -0.394 e. The summed E-state index contributed by atoms with van der Waals surface area (Å²) >= 11 is 1.68. The lowest BCUT2D eigenvalue weighted by Gasteiger charge is -2.47. The third kappa shape index (κ3) is 6.26. The van der Waals surface area contributed by atoms with Crippen molar-refractivity contribution in [2.24, 2.45) is 23.2 Å². The molecule has 1 aromatic rings. The van der Waals surface area contributed by atoms with E-state index in [9.17, 15) is 14.7 Å². The number of carbonyl (C=O) groups excluding carboxylic acids is 3. The highest BCUT2D eigenvalue weighted by atomic mass is 32.2. The van der Waals surface area contributed by atoms with E-state index in [0.717, 1.165) is 18.4 Å². The number of amides is 3. The van der Waals surface area contributed by atoms with Gasteiger partial charge >= 0.3 is 0 Å². The Kier molecular flexibility index (Phi) is 10.2. The Labute approximate surface area is 269 Å². The Morgan fingerprint density at radius 1 is 1.09 bits per heavy atom. The maximum absolute atomic E-state index is 15.0. The van der Waals surface area contributed by atoms with Crippen LogP contribution in [0.4, 0.5) is 0 Å². The van der Waals surface area contributed by atoms with Gasteiger partial charge in [-0.2, -0.15) is 0 Å². The first-order valence-electron chi connectivity index (χ1n) is 16.1. The normalized spacial score (nSPS) is 26.9. The van der Waals surface area contributed by atoms with Crippen LogP contribution in [-0.4, -0.2) is 84.8 Å². The largest absolute Gasteiger partial charge is 0.394 e. The number of nitrogens with zero attached hydrogens (tertiary/aromatic N) is 3. The maximum atomic E-state index is 15.0. The van der Waals surface area contributed by atoms with Crippen LogP contribution in [0.2, 0.25) is 0 Å². The van der Waals surface area contributed by atoms with E-state index in [0.29, 0.717) is 26.1 Å². The number of thioether (sulfide) groups is 1. The molecule has 1 N–H and O–H groups in total. The highest BCUT2D eigenvalue weighted by molar-refractivity contribution is 8.02. The number of aliphatic hydroxyl groups is 1. The molecule has 1 spiro atoms. The summed E-state index contributed by atoms with van der Waals surface area (Å²) in [5.41, 5.74) is 0.473. The Hall–Kier alpha value is -2.58. The SMILES string of the molecule is C=CCN(Cc1ccccc1)C(=O)[C@@H]1[C@H]2C(=O)N([C@@H](CO)C(C)C)C(C(=O)N(CC=C)C(C)(C)CC(C)(C)C)C23CC[C@H]1S3. The zero-order chi connectivity index (χ0) is 32.6. The number of aliphatic hydroxyl groups excluding tert-OH is 1. The monoisotopic (exact) mass is 623 g/mol. The molecule has 3 amide bonds. The van der Waals surface area contributed by atoms with Crippen LogP contribution in [0.3, 0.4) is 0 Å². The molecule has 3 fully saturated rings. The molecule has 7 nitrogen and oxygen atoms in total. The molecule has 3 saturated heterocycles. The number of likely N-dealkylation sites (tertiary alicyclic amines) is 1. The molecule has 4 rings (SSSR count). The molecule has 0 radical (unpaired) electrons. The van der Waals surface area contributed by atoms with Crippen LogP contribution in [0.5, 0.6) is 0 Å². The summed E-state index contributed by atoms with van der Waals surface area (Å²) < 4.78 is -0.731. The highest BCUT2D eigenvalue weighted by Crippen LogP contribution is 2.67. The van der Waals surface area contributed by atoms with Gasteiger partial charge in [0.25, 0.3) is 0 Å². The quantitative estimate of drug-likeness (QED) is 0.292. The van der Waals surface area contributed by atoms with Gasteiger partial charge in [-0.3, -0.25) is 14.4 Å². The molecule has 0 saturated carbocycles. The van der Waals surface area contributed by atoms with Crippen LogP contribution in [-0.2, 0) is 20.9 Å². The van der Waals surface area contributed by atoms with Gasteiger partial charge in [0.1, 0.15) is 6.04 Å². The van der Waals surface area contributed by atoms with E-state index in [4.69, 9.17) is 0 Å². The second-order valence-corrected chi connectivity index (χ2v) is 16.7. The summed E-state index contributed by atoms with van der Waals surface area (Å²) in [6.07, 6.45) is 5.71. The van der Waals surface area contributed by atoms with Crippen molar-refractivity contribution >= 4 is 29.5 Å². The van der Waals surface area contributed by atoms with Gasteiger partial charge in [-0.25, -0.2) is 0 Å². The van der Waals surface area contributed by atoms with Gasteiger partial charge in [0.15, 0.2) is 0 Å². The maximum Gasteiger partial charge on any atom is 0.247 e. The topological polar surface area (TPSA) is 81.2 Å². The second-order valence-electron chi connectivity index (χ2n) is 15.1. The fourth-order valence-electron chi connectivity index (χ4n) is 8.34. The van der Waals surface area contributed by atoms with Crippen LogP contribution in [0.25, 0.3) is 0 Å². The number of carbonyl (C=O) groups is 3. The van der Waals surface area contributed by atoms with Gasteiger partial charge in [0.05, 0.1) is 29.2 Å². The van der Waals surface area contributed by atoms with Crippen molar-refractivity contribution in [2.75, 3.05) is 19.7 Å². The molecule has 0 aliphatic carbocycles. The van der Waals surface area contributed by atoms with Gasteiger partial charge in [0, 0.05) is 30.4 Å². The van der Waals surface area contributed by atoms with Crippen LogP contribution in [0.15, 0.2) is 55.6 Å². The first-order valence-corrected chi connectivity index (χ1v) is 17.0. The van der Waals surface area contributed by atoms with E-state index < -0.39 is 34.2 Å². The minimum absolute atomic E-state index is 0.0355. The van der Waals surface area contributed by atoms with Crippen molar-refractivity contribution in [1.82, 2.24) is 14.7 Å². The fourth-order valence-corrected chi connectivity index (χ4v) is 10.5. The lowest BCUT2D eigenvalue weighted by molar-refractivity contribution is -0.150. The average molecular weight is 624 g/mol.